The highest BCUT2D eigenvalue weighted by Crippen LogP contribution is 2.34. The van der Waals surface area contributed by atoms with E-state index in [1.807, 2.05) is 24.3 Å². The predicted molar refractivity (Wildman–Crippen MR) is 120 cm³/mol. The van der Waals surface area contributed by atoms with E-state index in [9.17, 15) is 9.90 Å². The second kappa shape index (κ2) is 7.98. The van der Waals surface area contributed by atoms with Gasteiger partial charge in [0.05, 0.1) is 24.9 Å². The number of nitrogen functional groups attached to an aromatic ring is 2. The molecule has 6 N–H and O–H groups in total. The van der Waals surface area contributed by atoms with Crippen LogP contribution < -0.4 is 21.1 Å². The van der Waals surface area contributed by atoms with Gasteiger partial charge in [0.1, 0.15) is 17.4 Å². The van der Waals surface area contributed by atoms with Crippen molar-refractivity contribution in [3.63, 3.8) is 0 Å². The van der Waals surface area contributed by atoms with Crippen molar-refractivity contribution in [3.8, 4) is 16.9 Å². The van der Waals surface area contributed by atoms with Gasteiger partial charge in [0.15, 0.2) is 0 Å². The van der Waals surface area contributed by atoms with Crippen molar-refractivity contribution in [3.05, 3.63) is 70.9 Å². The lowest BCUT2D eigenvalue weighted by Gasteiger charge is -2.21. The van der Waals surface area contributed by atoms with Crippen LogP contribution in [0.15, 0.2) is 48.5 Å². The van der Waals surface area contributed by atoms with E-state index in [-0.39, 0.29) is 11.4 Å². The number of rotatable bonds is 6. The summed E-state index contributed by atoms with van der Waals surface area (Å²) in [5.41, 5.74) is 16.6. The molecule has 0 bridgehead atoms. The van der Waals surface area contributed by atoms with Gasteiger partial charge in [-0.1, -0.05) is 0 Å². The number of pyridine rings is 1. The van der Waals surface area contributed by atoms with Crippen LogP contribution in [0, 0.1) is 5.41 Å². The lowest BCUT2D eigenvalue weighted by molar-refractivity contribution is 0.0697. The lowest BCUT2D eigenvalue weighted by Crippen LogP contribution is -2.21. The molecule has 1 aliphatic rings. The van der Waals surface area contributed by atoms with Gasteiger partial charge >= 0.3 is 5.97 Å². The van der Waals surface area contributed by atoms with Crippen molar-refractivity contribution in [1.29, 1.82) is 5.41 Å². The van der Waals surface area contributed by atoms with Crippen LogP contribution in [0.4, 0.5) is 11.5 Å². The Morgan fingerprint density at radius 3 is 2.68 bits per heavy atom. The van der Waals surface area contributed by atoms with E-state index in [4.69, 9.17) is 21.6 Å². The molecule has 2 aromatic carbocycles. The number of methoxy groups -OCH3 is 1. The Morgan fingerprint density at radius 2 is 1.97 bits per heavy atom. The molecule has 4 rings (SSSR count). The number of carboxylic acid groups (broad SMARTS) is 1. The first-order chi connectivity index (χ1) is 14.9. The summed E-state index contributed by atoms with van der Waals surface area (Å²) in [5.74, 6) is -0.155. The molecule has 0 fully saturated rings. The summed E-state index contributed by atoms with van der Waals surface area (Å²) in [6.07, 6.45) is 0.830. The number of anilines is 2. The number of aromatic nitrogens is 1. The Morgan fingerprint density at radius 1 is 1.19 bits per heavy atom. The van der Waals surface area contributed by atoms with Gasteiger partial charge in [0.25, 0.3) is 0 Å². The Labute approximate surface area is 179 Å². The van der Waals surface area contributed by atoms with Crippen LogP contribution >= 0.6 is 0 Å². The van der Waals surface area contributed by atoms with Crippen molar-refractivity contribution in [2.75, 3.05) is 24.3 Å². The quantitative estimate of drug-likeness (QED) is 0.357. The van der Waals surface area contributed by atoms with E-state index in [1.54, 1.807) is 18.2 Å². The van der Waals surface area contributed by atoms with Gasteiger partial charge in [0, 0.05) is 23.4 Å². The molecule has 158 valence electrons. The van der Waals surface area contributed by atoms with Crippen LogP contribution in [0.25, 0.3) is 11.1 Å². The maximum Gasteiger partial charge on any atom is 0.336 e. The van der Waals surface area contributed by atoms with Crippen molar-refractivity contribution >= 4 is 23.3 Å². The number of amidine groups is 1. The normalized spacial score (nSPS) is 12.5. The number of hydrogen-bond donors (Lipinski definition) is 4. The third-order valence-corrected chi connectivity index (χ3v) is 5.47. The maximum atomic E-state index is 11.9. The minimum Gasteiger partial charge on any atom is -0.497 e. The summed E-state index contributed by atoms with van der Waals surface area (Å²) >= 11 is 0. The highest BCUT2D eigenvalue weighted by atomic mass is 16.5. The molecule has 1 aliphatic heterocycles. The third-order valence-electron chi connectivity index (χ3n) is 5.47. The first kappa shape index (κ1) is 20.2. The van der Waals surface area contributed by atoms with E-state index >= 15 is 0 Å². The van der Waals surface area contributed by atoms with Crippen LogP contribution in [0.1, 0.15) is 27.2 Å². The van der Waals surface area contributed by atoms with Crippen LogP contribution in [-0.2, 0) is 13.0 Å². The molecule has 1 aromatic heterocycles. The molecular formula is C23H23N5O3. The van der Waals surface area contributed by atoms with E-state index in [0.717, 1.165) is 24.2 Å². The number of carboxylic acids is 1. The summed E-state index contributed by atoms with van der Waals surface area (Å²) in [4.78, 5) is 18.6. The Kier molecular flexibility index (Phi) is 5.21. The van der Waals surface area contributed by atoms with Gasteiger partial charge in [-0.3, -0.25) is 5.41 Å². The minimum absolute atomic E-state index is 0.0433. The third kappa shape index (κ3) is 3.87. The molecule has 0 aliphatic carbocycles. The van der Waals surface area contributed by atoms with E-state index in [0.29, 0.717) is 40.5 Å². The van der Waals surface area contributed by atoms with Gasteiger partial charge in [-0.05, 0) is 66.1 Å². The molecule has 0 saturated heterocycles. The Bertz CT molecular complexity index is 1190. The average molecular weight is 417 g/mol. The van der Waals surface area contributed by atoms with Crippen molar-refractivity contribution < 1.29 is 14.6 Å². The Hall–Kier alpha value is -4.07. The number of ether oxygens (including phenoxy) is 1. The molecule has 0 spiro atoms. The SMILES string of the molecule is COc1ccc(-c2ccc(N)nc2CN2CCc3cc(C(=N)N)ccc32)c(C(=O)O)c1. The first-order valence-electron chi connectivity index (χ1n) is 9.76. The van der Waals surface area contributed by atoms with Gasteiger partial charge in [-0.15, -0.1) is 0 Å². The average Bonchev–Trinajstić information content (AvgIpc) is 3.15. The van der Waals surface area contributed by atoms with Crippen molar-refractivity contribution in [2.24, 2.45) is 5.73 Å². The van der Waals surface area contributed by atoms with Crippen LogP contribution in [0.5, 0.6) is 5.75 Å². The number of aromatic carboxylic acids is 1. The van der Waals surface area contributed by atoms with Gasteiger partial charge < -0.3 is 26.2 Å². The number of nitrogens with one attached hydrogen (secondary N) is 1. The molecule has 0 unspecified atom stereocenters. The zero-order chi connectivity index (χ0) is 22.1. The fourth-order valence-electron chi connectivity index (χ4n) is 3.93. The minimum atomic E-state index is -1.04. The molecule has 0 saturated carbocycles. The fraction of sp³-hybridized carbons (Fsp3) is 0.174. The van der Waals surface area contributed by atoms with Crippen molar-refractivity contribution in [2.45, 2.75) is 13.0 Å². The van der Waals surface area contributed by atoms with E-state index in [1.165, 1.54) is 13.2 Å². The van der Waals surface area contributed by atoms with Crippen LogP contribution in [0.2, 0.25) is 0 Å². The first-order valence-corrected chi connectivity index (χ1v) is 9.76. The summed E-state index contributed by atoms with van der Waals surface area (Å²) < 4.78 is 5.19. The summed E-state index contributed by atoms with van der Waals surface area (Å²) in [6.45, 7) is 1.25. The summed E-state index contributed by atoms with van der Waals surface area (Å²) in [6, 6.07) is 14.2. The zero-order valence-electron chi connectivity index (χ0n) is 17.1. The monoisotopic (exact) mass is 417 g/mol. The van der Waals surface area contributed by atoms with Crippen molar-refractivity contribution in [1.82, 2.24) is 4.98 Å². The number of fused-ring (bicyclic) bond motifs is 1. The molecule has 8 heteroatoms. The van der Waals surface area contributed by atoms with Crippen LogP contribution in [-0.4, -0.2) is 35.5 Å². The van der Waals surface area contributed by atoms with E-state index in [2.05, 4.69) is 9.88 Å². The predicted octanol–water partition coefficient (Wildman–Crippen LogP) is 2.88. The number of hydrogen-bond acceptors (Lipinski definition) is 6. The number of nitrogens with two attached hydrogens (primary N) is 2. The summed E-state index contributed by atoms with van der Waals surface area (Å²) in [7, 11) is 1.50. The van der Waals surface area contributed by atoms with Crippen LogP contribution in [0.3, 0.4) is 0 Å². The smallest absolute Gasteiger partial charge is 0.336 e. The number of carbonyl (C=O) groups is 1. The zero-order valence-corrected chi connectivity index (χ0v) is 17.1. The lowest BCUT2D eigenvalue weighted by atomic mass is 9.97. The van der Waals surface area contributed by atoms with E-state index < -0.39 is 5.97 Å². The molecule has 2 heterocycles. The molecule has 0 atom stereocenters. The van der Waals surface area contributed by atoms with Gasteiger partial charge in [0.2, 0.25) is 0 Å². The highest BCUT2D eigenvalue weighted by molar-refractivity contribution is 5.97. The molecular weight excluding hydrogens is 394 g/mol. The van der Waals surface area contributed by atoms with Gasteiger partial charge in [-0.2, -0.15) is 0 Å². The fourth-order valence-corrected chi connectivity index (χ4v) is 3.93. The standard InChI is InChI=1S/C23H23N5O3/c1-31-15-3-4-16(18(11-15)23(29)30)17-5-7-21(24)27-19(17)12-28-9-8-13-10-14(22(25)26)2-6-20(13)28/h2-7,10-11H,8-9,12H2,1H3,(H2,24,27)(H3,25,26)(H,29,30). The molecule has 31 heavy (non-hydrogen) atoms. The molecule has 8 nitrogen and oxygen atoms in total. The topological polar surface area (TPSA) is 139 Å². The molecule has 0 amide bonds. The summed E-state index contributed by atoms with van der Waals surface area (Å²) in [5, 5.41) is 17.4. The highest BCUT2D eigenvalue weighted by Gasteiger charge is 2.23. The largest absolute Gasteiger partial charge is 0.497 e. The maximum absolute atomic E-state index is 11.9. The molecule has 0 radical (unpaired) electrons. The van der Waals surface area contributed by atoms with Gasteiger partial charge in [-0.25, -0.2) is 9.78 Å². The number of benzene rings is 2. The Balaban J connectivity index is 1.74. The second-order valence-electron chi connectivity index (χ2n) is 7.38. The second-order valence-corrected chi connectivity index (χ2v) is 7.38. The molecule has 3 aromatic rings. The number of nitrogens with zero attached hydrogens (tertiary/aromatic N) is 2.